The SMILES string of the molecule is COC(=O)Nc1ccc(C(=O)NCC(O)Cc2cccc(F)c2)c(C)c1. The number of benzene rings is 2. The number of amides is 2. The lowest BCUT2D eigenvalue weighted by atomic mass is 10.1. The van der Waals surface area contributed by atoms with Gasteiger partial charge in [0.25, 0.3) is 5.91 Å². The molecule has 26 heavy (non-hydrogen) atoms. The maximum Gasteiger partial charge on any atom is 0.411 e. The van der Waals surface area contributed by atoms with Gasteiger partial charge in [0.05, 0.1) is 13.2 Å². The highest BCUT2D eigenvalue weighted by atomic mass is 19.1. The van der Waals surface area contributed by atoms with Crippen molar-refractivity contribution in [1.82, 2.24) is 5.32 Å². The highest BCUT2D eigenvalue weighted by Crippen LogP contribution is 2.15. The number of methoxy groups -OCH3 is 1. The number of carbonyl (C=O) groups excluding carboxylic acids is 2. The van der Waals surface area contributed by atoms with E-state index in [1.165, 1.54) is 19.2 Å². The van der Waals surface area contributed by atoms with Crippen molar-refractivity contribution in [2.45, 2.75) is 19.4 Å². The predicted molar refractivity (Wildman–Crippen MR) is 95.7 cm³/mol. The molecule has 2 amide bonds. The molecule has 2 aromatic rings. The molecule has 0 saturated carbocycles. The molecular weight excluding hydrogens is 339 g/mol. The van der Waals surface area contributed by atoms with Gasteiger partial charge in [-0.2, -0.15) is 0 Å². The van der Waals surface area contributed by atoms with Gasteiger partial charge in [0.15, 0.2) is 0 Å². The molecule has 0 heterocycles. The first-order valence-electron chi connectivity index (χ1n) is 8.05. The smallest absolute Gasteiger partial charge is 0.411 e. The molecule has 2 aromatic carbocycles. The third-order valence-corrected chi connectivity index (χ3v) is 3.76. The fraction of sp³-hybridized carbons (Fsp3) is 0.263. The van der Waals surface area contributed by atoms with E-state index >= 15 is 0 Å². The molecule has 6 nitrogen and oxygen atoms in total. The summed E-state index contributed by atoms with van der Waals surface area (Å²) >= 11 is 0. The second kappa shape index (κ2) is 8.96. The molecule has 0 spiro atoms. The van der Waals surface area contributed by atoms with E-state index in [1.54, 1.807) is 37.3 Å². The lowest BCUT2D eigenvalue weighted by Crippen LogP contribution is -2.33. The number of hydrogen-bond donors (Lipinski definition) is 3. The van der Waals surface area contributed by atoms with E-state index < -0.39 is 12.2 Å². The summed E-state index contributed by atoms with van der Waals surface area (Å²) in [6.07, 6.45) is -1.19. The van der Waals surface area contributed by atoms with Crippen LogP contribution in [0.15, 0.2) is 42.5 Å². The summed E-state index contributed by atoms with van der Waals surface area (Å²) in [5, 5.41) is 15.2. The van der Waals surface area contributed by atoms with Gasteiger partial charge < -0.3 is 15.2 Å². The number of hydrogen-bond acceptors (Lipinski definition) is 4. The highest BCUT2D eigenvalue weighted by molar-refractivity contribution is 5.96. The molecule has 0 aliphatic heterocycles. The van der Waals surface area contributed by atoms with Gasteiger partial charge in [0, 0.05) is 24.2 Å². The molecule has 0 aliphatic rings. The van der Waals surface area contributed by atoms with Crippen molar-refractivity contribution in [2.24, 2.45) is 0 Å². The zero-order valence-corrected chi connectivity index (χ0v) is 14.6. The number of aliphatic hydroxyl groups is 1. The number of carbonyl (C=O) groups is 2. The van der Waals surface area contributed by atoms with Gasteiger partial charge in [-0.3, -0.25) is 10.1 Å². The van der Waals surface area contributed by atoms with Crippen molar-refractivity contribution in [3.05, 3.63) is 65.0 Å². The van der Waals surface area contributed by atoms with Gasteiger partial charge in [-0.25, -0.2) is 9.18 Å². The zero-order valence-electron chi connectivity index (χ0n) is 14.6. The predicted octanol–water partition coefficient (Wildman–Crippen LogP) is 2.65. The first kappa shape index (κ1) is 19.4. The number of aliphatic hydroxyl groups excluding tert-OH is 1. The molecule has 0 aromatic heterocycles. The van der Waals surface area contributed by atoms with Crippen LogP contribution in [0.5, 0.6) is 0 Å². The van der Waals surface area contributed by atoms with Crippen LogP contribution in [0.25, 0.3) is 0 Å². The number of halogens is 1. The Balaban J connectivity index is 1.91. The van der Waals surface area contributed by atoms with Gasteiger partial charge in [0.2, 0.25) is 0 Å². The summed E-state index contributed by atoms with van der Waals surface area (Å²) in [5.41, 5.74) is 2.26. The first-order valence-corrected chi connectivity index (χ1v) is 8.05. The van der Waals surface area contributed by atoms with Crippen LogP contribution < -0.4 is 10.6 Å². The van der Waals surface area contributed by atoms with Crippen LogP contribution in [0, 0.1) is 12.7 Å². The van der Waals surface area contributed by atoms with E-state index in [0.29, 0.717) is 22.4 Å². The van der Waals surface area contributed by atoms with Gasteiger partial charge in [-0.1, -0.05) is 12.1 Å². The van der Waals surface area contributed by atoms with Crippen molar-refractivity contribution >= 4 is 17.7 Å². The highest BCUT2D eigenvalue weighted by Gasteiger charge is 2.13. The normalized spacial score (nSPS) is 11.5. The summed E-state index contributed by atoms with van der Waals surface area (Å²) in [7, 11) is 1.26. The topological polar surface area (TPSA) is 87.7 Å². The number of ether oxygens (including phenoxy) is 1. The molecular formula is C19H21FN2O4. The Morgan fingerprint density at radius 3 is 2.65 bits per heavy atom. The summed E-state index contributed by atoms with van der Waals surface area (Å²) in [6, 6.07) is 10.8. The van der Waals surface area contributed by atoms with Crippen LogP contribution in [-0.4, -0.2) is 36.9 Å². The van der Waals surface area contributed by atoms with Crippen LogP contribution in [0.1, 0.15) is 21.5 Å². The minimum absolute atomic E-state index is 0.0386. The Labute approximate surface area is 151 Å². The second-order valence-electron chi connectivity index (χ2n) is 5.84. The molecule has 0 radical (unpaired) electrons. The minimum Gasteiger partial charge on any atom is -0.453 e. The maximum atomic E-state index is 13.1. The van der Waals surface area contributed by atoms with E-state index in [2.05, 4.69) is 15.4 Å². The lowest BCUT2D eigenvalue weighted by molar-refractivity contribution is 0.0915. The molecule has 0 saturated heterocycles. The van der Waals surface area contributed by atoms with Gasteiger partial charge in [0.1, 0.15) is 5.82 Å². The van der Waals surface area contributed by atoms with Crippen molar-refractivity contribution in [1.29, 1.82) is 0 Å². The Morgan fingerprint density at radius 1 is 1.23 bits per heavy atom. The zero-order chi connectivity index (χ0) is 19.1. The molecule has 1 atom stereocenters. The standard InChI is InChI=1S/C19H21FN2O4/c1-12-8-15(22-19(25)26-2)6-7-17(12)18(24)21-11-16(23)10-13-4-3-5-14(20)9-13/h3-9,16,23H,10-11H2,1-2H3,(H,21,24)(H,22,25). The van der Waals surface area contributed by atoms with Crippen molar-refractivity contribution in [2.75, 3.05) is 19.0 Å². The molecule has 2 rings (SSSR count). The summed E-state index contributed by atoms with van der Waals surface area (Å²) in [4.78, 5) is 23.5. The van der Waals surface area contributed by atoms with Crippen molar-refractivity contribution < 1.29 is 23.8 Å². The number of aryl methyl sites for hydroxylation is 1. The molecule has 1 unspecified atom stereocenters. The largest absolute Gasteiger partial charge is 0.453 e. The monoisotopic (exact) mass is 360 g/mol. The Kier molecular flexibility index (Phi) is 6.68. The molecule has 0 fully saturated rings. The summed E-state index contributed by atoms with van der Waals surface area (Å²) in [5.74, 6) is -0.708. The van der Waals surface area contributed by atoms with Crippen LogP contribution >= 0.6 is 0 Å². The molecule has 3 N–H and O–H groups in total. The van der Waals surface area contributed by atoms with Crippen LogP contribution in [-0.2, 0) is 11.2 Å². The van der Waals surface area contributed by atoms with E-state index in [9.17, 15) is 19.1 Å². The van der Waals surface area contributed by atoms with E-state index in [0.717, 1.165) is 0 Å². The average Bonchev–Trinajstić information content (AvgIpc) is 2.59. The quantitative estimate of drug-likeness (QED) is 0.739. The minimum atomic E-state index is -0.832. The van der Waals surface area contributed by atoms with E-state index in [4.69, 9.17) is 0 Å². The fourth-order valence-corrected chi connectivity index (χ4v) is 2.48. The second-order valence-corrected chi connectivity index (χ2v) is 5.84. The van der Waals surface area contributed by atoms with Gasteiger partial charge in [-0.05, 0) is 48.4 Å². The number of nitrogens with one attached hydrogen (secondary N) is 2. The molecule has 7 heteroatoms. The fourth-order valence-electron chi connectivity index (χ4n) is 2.48. The van der Waals surface area contributed by atoms with Crippen molar-refractivity contribution in [3.63, 3.8) is 0 Å². The average molecular weight is 360 g/mol. The van der Waals surface area contributed by atoms with Crippen LogP contribution in [0.2, 0.25) is 0 Å². The summed E-state index contributed by atoms with van der Waals surface area (Å²) in [6.45, 7) is 1.78. The Bertz CT molecular complexity index is 795. The van der Waals surface area contributed by atoms with E-state index in [-0.39, 0.29) is 24.7 Å². The third kappa shape index (κ3) is 5.56. The Hall–Kier alpha value is -2.93. The van der Waals surface area contributed by atoms with E-state index in [1.807, 2.05) is 0 Å². The maximum absolute atomic E-state index is 13.1. The molecule has 0 aliphatic carbocycles. The Morgan fingerprint density at radius 2 is 2.00 bits per heavy atom. The number of anilines is 1. The first-order chi connectivity index (χ1) is 12.4. The van der Waals surface area contributed by atoms with Gasteiger partial charge >= 0.3 is 6.09 Å². The molecule has 0 bridgehead atoms. The third-order valence-electron chi connectivity index (χ3n) is 3.76. The van der Waals surface area contributed by atoms with Crippen molar-refractivity contribution in [3.8, 4) is 0 Å². The van der Waals surface area contributed by atoms with Crippen LogP contribution in [0.3, 0.4) is 0 Å². The summed E-state index contributed by atoms with van der Waals surface area (Å²) < 4.78 is 17.7. The van der Waals surface area contributed by atoms with Gasteiger partial charge in [-0.15, -0.1) is 0 Å². The molecule has 138 valence electrons. The lowest BCUT2D eigenvalue weighted by Gasteiger charge is -2.14. The van der Waals surface area contributed by atoms with Crippen LogP contribution in [0.4, 0.5) is 14.9 Å². The number of rotatable bonds is 6.